The molecule has 0 bridgehead atoms. The van der Waals surface area contributed by atoms with Gasteiger partial charge in [-0.3, -0.25) is 4.68 Å². The Labute approximate surface area is 158 Å². The summed E-state index contributed by atoms with van der Waals surface area (Å²) in [7, 11) is 0. The summed E-state index contributed by atoms with van der Waals surface area (Å²) in [5.74, 6) is -0.0939. The van der Waals surface area contributed by atoms with Gasteiger partial charge in [-0.25, -0.2) is 9.18 Å². The Bertz CT molecular complexity index is 1100. The predicted octanol–water partition coefficient (Wildman–Crippen LogP) is 3.38. The molecule has 0 fully saturated rings. The summed E-state index contributed by atoms with van der Waals surface area (Å²) in [4.78, 5) is 16.2. The van der Waals surface area contributed by atoms with E-state index in [1.807, 2.05) is 0 Å². The molecule has 3 aromatic heterocycles. The van der Waals surface area contributed by atoms with E-state index in [2.05, 4.69) is 15.2 Å². The van der Waals surface area contributed by atoms with Crippen LogP contribution in [-0.2, 0) is 17.9 Å². The van der Waals surface area contributed by atoms with Crippen molar-refractivity contribution < 1.29 is 22.9 Å². The van der Waals surface area contributed by atoms with Crippen molar-refractivity contribution in [2.24, 2.45) is 0 Å². The number of esters is 1. The normalized spacial score (nSPS) is 10.9. The summed E-state index contributed by atoms with van der Waals surface area (Å²) in [6, 6.07) is 9.62. The number of aromatic nitrogens is 4. The van der Waals surface area contributed by atoms with Crippen molar-refractivity contribution in [1.29, 1.82) is 0 Å². The Kier molecular flexibility index (Phi) is 4.71. The van der Waals surface area contributed by atoms with E-state index in [4.69, 9.17) is 13.7 Å². The molecule has 4 rings (SSSR count). The molecule has 1 aromatic carbocycles. The zero-order valence-electron chi connectivity index (χ0n) is 14.8. The molecule has 0 atom stereocenters. The third-order valence-electron chi connectivity index (χ3n) is 3.96. The molecule has 8 nitrogen and oxygen atoms in total. The molecule has 0 aliphatic carbocycles. The third kappa shape index (κ3) is 3.83. The molecule has 4 aromatic rings. The Morgan fingerprint density at radius 1 is 1.29 bits per heavy atom. The van der Waals surface area contributed by atoms with Crippen LogP contribution >= 0.6 is 0 Å². The standard InChI is InChI=1S/C19H15FN4O4/c1-12-3-4-13(9-15(12)20)18-22-17(28-23-18)11-26-19(25)16-6-5-14(27-16)10-24-8-2-7-21-24/h2-9H,10-11H2,1H3. The second-order valence-corrected chi connectivity index (χ2v) is 6.02. The second kappa shape index (κ2) is 7.47. The van der Waals surface area contributed by atoms with Crippen LogP contribution in [0.25, 0.3) is 11.4 Å². The van der Waals surface area contributed by atoms with Gasteiger partial charge in [0.15, 0.2) is 6.61 Å². The van der Waals surface area contributed by atoms with Crippen molar-refractivity contribution in [3.05, 3.63) is 77.6 Å². The van der Waals surface area contributed by atoms with E-state index in [-0.39, 0.29) is 29.9 Å². The minimum absolute atomic E-state index is 0.0579. The second-order valence-electron chi connectivity index (χ2n) is 6.02. The first kappa shape index (κ1) is 17.7. The van der Waals surface area contributed by atoms with Gasteiger partial charge in [0.25, 0.3) is 5.89 Å². The van der Waals surface area contributed by atoms with Gasteiger partial charge in [-0.1, -0.05) is 17.3 Å². The Balaban J connectivity index is 1.37. The summed E-state index contributed by atoms with van der Waals surface area (Å²) in [6.45, 7) is 1.84. The number of hydrogen-bond acceptors (Lipinski definition) is 7. The van der Waals surface area contributed by atoms with Gasteiger partial charge in [0.2, 0.25) is 11.6 Å². The number of carbonyl (C=O) groups is 1. The SMILES string of the molecule is Cc1ccc(-c2noc(COC(=O)c3ccc(Cn4cccn4)o3)n2)cc1F. The van der Waals surface area contributed by atoms with Crippen LogP contribution in [0.5, 0.6) is 0 Å². The Morgan fingerprint density at radius 3 is 2.96 bits per heavy atom. The van der Waals surface area contributed by atoms with Gasteiger partial charge in [-0.15, -0.1) is 0 Å². The van der Waals surface area contributed by atoms with Crippen LogP contribution in [0.15, 0.2) is 57.7 Å². The summed E-state index contributed by atoms with van der Waals surface area (Å²) < 4.78 is 31.0. The average molecular weight is 382 g/mol. The zero-order valence-corrected chi connectivity index (χ0v) is 14.8. The molecule has 0 N–H and O–H groups in total. The quantitative estimate of drug-likeness (QED) is 0.472. The number of furan rings is 1. The number of benzene rings is 1. The minimum atomic E-state index is -0.659. The van der Waals surface area contributed by atoms with Crippen molar-refractivity contribution in [2.45, 2.75) is 20.1 Å². The van der Waals surface area contributed by atoms with E-state index in [0.717, 1.165) is 0 Å². The molecule has 0 amide bonds. The van der Waals surface area contributed by atoms with Gasteiger partial charge in [-0.2, -0.15) is 10.1 Å². The van der Waals surface area contributed by atoms with Gasteiger partial charge in [0, 0.05) is 18.0 Å². The van der Waals surface area contributed by atoms with E-state index in [1.54, 1.807) is 48.3 Å². The van der Waals surface area contributed by atoms with Crippen molar-refractivity contribution in [3.8, 4) is 11.4 Å². The van der Waals surface area contributed by atoms with Crippen LogP contribution < -0.4 is 0 Å². The van der Waals surface area contributed by atoms with Gasteiger partial charge in [0.05, 0.1) is 6.54 Å². The minimum Gasteiger partial charge on any atom is -0.452 e. The highest BCUT2D eigenvalue weighted by Crippen LogP contribution is 2.19. The van der Waals surface area contributed by atoms with Crippen LogP contribution in [0, 0.1) is 12.7 Å². The van der Waals surface area contributed by atoms with Crippen LogP contribution in [0.1, 0.15) is 27.8 Å². The molecule has 28 heavy (non-hydrogen) atoms. The summed E-state index contributed by atoms with van der Waals surface area (Å²) in [6.07, 6.45) is 3.44. The molecule has 0 spiro atoms. The molecule has 0 unspecified atom stereocenters. The van der Waals surface area contributed by atoms with Gasteiger partial charge in [0.1, 0.15) is 11.6 Å². The first-order valence-corrected chi connectivity index (χ1v) is 8.41. The summed E-state index contributed by atoms with van der Waals surface area (Å²) >= 11 is 0. The Hall–Kier alpha value is -3.75. The maximum absolute atomic E-state index is 13.7. The number of halogens is 1. The van der Waals surface area contributed by atoms with Crippen LogP contribution in [0.2, 0.25) is 0 Å². The molecule has 0 aliphatic heterocycles. The van der Waals surface area contributed by atoms with E-state index in [1.165, 1.54) is 12.1 Å². The molecule has 142 valence electrons. The molecule has 0 radical (unpaired) electrons. The van der Waals surface area contributed by atoms with Gasteiger partial charge in [-0.05, 0) is 36.8 Å². The van der Waals surface area contributed by atoms with Gasteiger partial charge >= 0.3 is 5.97 Å². The Morgan fingerprint density at radius 2 is 2.18 bits per heavy atom. The lowest BCUT2D eigenvalue weighted by molar-refractivity contribution is 0.0391. The molecule has 0 saturated carbocycles. The first-order valence-electron chi connectivity index (χ1n) is 8.41. The predicted molar refractivity (Wildman–Crippen MR) is 93.6 cm³/mol. The van der Waals surface area contributed by atoms with E-state index in [9.17, 15) is 9.18 Å². The highest BCUT2D eigenvalue weighted by Gasteiger charge is 2.16. The number of aryl methyl sites for hydroxylation is 1. The van der Waals surface area contributed by atoms with E-state index in [0.29, 0.717) is 23.4 Å². The van der Waals surface area contributed by atoms with E-state index < -0.39 is 5.97 Å². The smallest absolute Gasteiger partial charge is 0.374 e. The van der Waals surface area contributed by atoms with Crippen molar-refractivity contribution in [1.82, 2.24) is 19.9 Å². The maximum atomic E-state index is 13.7. The van der Waals surface area contributed by atoms with Crippen LogP contribution in [0.4, 0.5) is 4.39 Å². The number of ether oxygens (including phenoxy) is 1. The highest BCUT2D eigenvalue weighted by atomic mass is 19.1. The number of rotatable bonds is 6. The summed E-state index contributed by atoms with van der Waals surface area (Å²) in [5, 5.41) is 7.85. The highest BCUT2D eigenvalue weighted by molar-refractivity contribution is 5.86. The average Bonchev–Trinajstić information content (AvgIpc) is 3.44. The zero-order chi connectivity index (χ0) is 19.5. The molecule has 3 heterocycles. The topological polar surface area (TPSA) is 96.2 Å². The monoisotopic (exact) mass is 382 g/mol. The summed E-state index contributed by atoms with van der Waals surface area (Å²) in [5.41, 5.74) is 0.991. The van der Waals surface area contributed by atoms with E-state index >= 15 is 0 Å². The number of hydrogen-bond donors (Lipinski definition) is 0. The van der Waals surface area contributed by atoms with Crippen LogP contribution in [0.3, 0.4) is 0 Å². The van der Waals surface area contributed by atoms with Crippen molar-refractivity contribution >= 4 is 5.97 Å². The van der Waals surface area contributed by atoms with Crippen molar-refractivity contribution in [3.63, 3.8) is 0 Å². The fourth-order valence-corrected chi connectivity index (χ4v) is 2.49. The lowest BCUT2D eigenvalue weighted by Crippen LogP contribution is -2.04. The lowest BCUT2D eigenvalue weighted by atomic mass is 10.1. The molecule has 0 saturated heterocycles. The first-order chi connectivity index (χ1) is 13.6. The number of carbonyl (C=O) groups excluding carboxylic acids is 1. The fraction of sp³-hybridized carbons (Fsp3) is 0.158. The van der Waals surface area contributed by atoms with Crippen molar-refractivity contribution in [2.75, 3.05) is 0 Å². The third-order valence-corrected chi connectivity index (χ3v) is 3.96. The molecular weight excluding hydrogens is 367 g/mol. The maximum Gasteiger partial charge on any atom is 0.374 e. The molecule has 0 aliphatic rings. The molecule has 9 heteroatoms. The number of nitrogens with zero attached hydrogens (tertiary/aromatic N) is 4. The lowest BCUT2D eigenvalue weighted by Gasteiger charge is -1.99. The molecular formula is C19H15FN4O4. The largest absolute Gasteiger partial charge is 0.452 e. The van der Waals surface area contributed by atoms with Gasteiger partial charge < -0.3 is 13.7 Å². The van der Waals surface area contributed by atoms with Crippen LogP contribution in [-0.4, -0.2) is 25.9 Å². The fourth-order valence-electron chi connectivity index (χ4n) is 2.49.